The Kier molecular flexibility index (Phi) is 10.8. The third-order valence-corrected chi connectivity index (χ3v) is 8.11. The summed E-state index contributed by atoms with van der Waals surface area (Å²) in [6, 6.07) is -0.296. The van der Waals surface area contributed by atoms with Crippen LogP contribution in [0.15, 0.2) is 22.6 Å². The molecule has 0 aliphatic carbocycles. The highest BCUT2D eigenvalue weighted by atomic mass is 32.1. The number of nitrogens with one attached hydrogen (secondary N) is 1. The summed E-state index contributed by atoms with van der Waals surface area (Å²) in [6.07, 6.45) is 4.98. The number of hydrogen-bond acceptors (Lipinski definition) is 7. The predicted octanol–water partition coefficient (Wildman–Crippen LogP) is 4.02. The van der Waals surface area contributed by atoms with Crippen LogP contribution in [-0.4, -0.2) is 50.2 Å². The second-order valence-corrected chi connectivity index (χ2v) is 11.5. The Morgan fingerprint density at radius 2 is 1.97 bits per heavy atom. The predicted molar refractivity (Wildman–Crippen MR) is 140 cm³/mol. The molecular weight excluding hydrogens is 464 g/mol. The molecule has 1 aliphatic heterocycles. The van der Waals surface area contributed by atoms with Crippen LogP contribution in [0.1, 0.15) is 84.3 Å². The highest BCUT2D eigenvalue weighted by Crippen LogP contribution is 2.32. The number of Topliss-reactive ketones (excluding diaryl/α,β-unsaturated/α-hetero) is 1. The van der Waals surface area contributed by atoms with E-state index in [4.69, 9.17) is 0 Å². The summed E-state index contributed by atoms with van der Waals surface area (Å²) in [6.45, 7) is 10.8. The molecule has 0 aromatic carbocycles. The van der Waals surface area contributed by atoms with Gasteiger partial charge in [0.05, 0.1) is 42.4 Å². The van der Waals surface area contributed by atoms with E-state index in [1.54, 1.807) is 20.8 Å². The van der Waals surface area contributed by atoms with Gasteiger partial charge in [-0.05, 0) is 57.1 Å². The minimum Gasteiger partial charge on any atom is -0.392 e. The van der Waals surface area contributed by atoms with Crippen LogP contribution in [0.4, 0.5) is 0 Å². The summed E-state index contributed by atoms with van der Waals surface area (Å²) >= 11 is 1.38. The largest absolute Gasteiger partial charge is 0.392 e. The van der Waals surface area contributed by atoms with Gasteiger partial charge >= 0.3 is 0 Å². The first-order valence-electron chi connectivity index (χ1n) is 12.5. The number of hydrogen-bond donors (Lipinski definition) is 4. The Bertz CT molecular complexity index is 936. The van der Waals surface area contributed by atoms with Gasteiger partial charge in [0.15, 0.2) is 0 Å². The van der Waals surface area contributed by atoms with Gasteiger partial charge in [0.2, 0.25) is 5.91 Å². The molecule has 1 aromatic heterocycles. The van der Waals surface area contributed by atoms with Crippen molar-refractivity contribution in [1.29, 1.82) is 0 Å². The second kappa shape index (κ2) is 12.9. The number of aromatic nitrogens is 1. The van der Waals surface area contributed by atoms with Crippen LogP contribution in [-0.2, 0) is 16.2 Å². The first kappa shape index (κ1) is 29.4. The van der Waals surface area contributed by atoms with E-state index in [0.29, 0.717) is 11.4 Å². The van der Waals surface area contributed by atoms with Crippen molar-refractivity contribution in [3.63, 3.8) is 0 Å². The van der Waals surface area contributed by atoms with Crippen molar-refractivity contribution in [1.82, 2.24) is 10.3 Å². The molecule has 1 aromatic rings. The van der Waals surface area contributed by atoms with Gasteiger partial charge < -0.3 is 20.6 Å². The molecule has 0 saturated heterocycles. The van der Waals surface area contributed by atoms with E-state index in [-0.39, 0.29) is 36.7 Å². The molecule has 1 aliphatic rings. The number of nitrogens with zero attached hydrogens (tertiary/aromatic N) is 1. The van der Waals surface area contributed by atoms with E-state index in [0.717, 1.165) is 30.5 Å². The summed E-state index contributed by atoms with van der Waals surface area (Å²) in [4.78, 5) is 30.5. The highest BCUT2D eigenvalue weighted by molar-refractivity contribution is 7.09. The summed E-state index contributed by atoms with van der Waals surface area (Å²) in [5.41, 5.74) is 1.67. The summed E-state index contributed by atoms with van der Waals surface area (Å²) in [5, 5.41) is 36.5. The molecule has 0 fully saturated rings. The van der Waals surface area contributed by atoms with E-state index >= 15 is 0 Å². The Morgan fingerprint density at radius 3 is 2.60 bits per heavy atom. The summed E-state index contributed by atoms with van der Waals surface area (Å²) in [5.74, 6) is -1.27. The first-order valence-corrected chi connectivity index (χ1v) is 13.3. The topological polar surface area (TPSA) is 120 Å². The number of aliphatic hydroxyl groups is 3. The molecule has 8 heteroatoms. The first-order chi connectivity index (χ1) is 16.4. The van der Waals surface area contributed by atoms with E-state index < -0.39 is 23.5 Å². The molecule has 1 unspecified atom stereocenters. The number of ketones is 1. The average molecular weight is 507 g/mol. The van der Waals surface area contributed by atoms with Gasteiger partial charge in [0.25, 0.3) is 0 Å². The molecule has 35 heavy (non-hydrogen) atoms. The lowest BCUT2D eigenvalue weighted by molar-refractivity contribution is -0.143. The number of carbonyl (C=O) groups is 2. The van der Waals surface area contributed by atoms with E-state index in [1.807, 2.05) is 25.3 Å². The van der Waals surface area contributed by atoms with Gasteiger partial charge in [-0.2, -0.15) is 0 Å². The van der Waals surface area contributed by atoms with Crippen molar-refractivity contribution < 1.29 is 24.9 Å². The van der Waals surface area contributed by atoms with Gasteiger partial charge in [-0.1, -0.05) is 39.3 Å². The minimum absolute atomic E-state index is 0.0502. The van der Waals surface area contributed by atoms with Gasteiger partial charge in [-0.25, -0.2) is 4.98 Å². The number of amides is 1. The minimum atomic E-state index is -1.18. The van der Waals surface area contributed by atoms with Crippen molar-refractivity contribution in [2.24, 2.45) is 17.3 Å². The van der Waals surface area contributed by atoms with Crippen molar-refractivity contribution in [3.05, 3.63) is 33.3 Å². The van der Waals surface area contributed by atoms with E-state index in [2.05, 4.69) is 23.3 Å². The lowest BCUT2D eigenvalue weighted by Gasteiger charge is -2.34. The standard InChI is InChI=1S/C27H42N2O5S/c1-16-8-7-9-17(2)25(33)19(4)26(34)27(5,6)22(31)13-23(32)29-21(11-10-16)18(3)12-20-15-35-24(14-30)28-20/h10,12,15,17,19,21-22,25,30-31,33H,7-9,11,13-14H2,1-6H3,(H,29,32)/b16-10-,18-12+/t17-,19+,21?,22-,25-/m0/s1. The molecule has 1 amide bonds. The smallest absolute Gasteiger partial charge is 0.223 e. The zero-order valence-corrected chi connectivity index (χ0v) is 22.7. The molecule has 0 saturated carbocycles. The third-order valence-electron chi connectivity index (χ3n) is 7.25. The van der Waals surface area contributed by atoms with Gasteiger partial charge in [0.1, 0.15) is 10.8 Å². The molecule has 196 valence electrons. The number of thiazole rings is 1. The molecule has 4 N–H and O–H groups in total. The maximum Gasteiger partial charge on any atom is 0.223 e. The summed E-state index contributed by atoms with van der Waals surface area (Å²) < 4.78 is 0. The molecule has 2 rings (SSSR count). The normalized spacial score (nSPS) is 31.5. The number of rotatable bonds is 3. The summed E-state index contributed by atoms with van der Waals surface area (Å²) in [7, 11) is 0. The average Bonchev–Trinajstić information content (AvgIpc) is 3.26. The van der Waals surface area contributed by atoms with Gasteiger partial charge in [-0.15, -0.1) is 11.3 Å². The zero-order valence-electron chi connectivity index (χ0n) is 21.9. The fraction of sp³-hybridized carbons (Fsp3) is 0.667. The van der Waals surface area contributed by atoms with Crippen molar-refractivity contribution in [2.75, 3.05) is 0 Å². The van der Waals surface area contributed by atoms with Crippen LogP contribution >= 0.6 is 11.3 Å². The Balaban J connectivity index is 2.33. The number of allylic oxidation sites excluding steroid dienone is 1. The van der Waals surface area contributed by atoms with Crippen LogP contribution < -0.4 is 5.32 Å². The van der Waals surface area contributed by atoms with Crippen LogP contribution in [0.2, 0.25) is 0 Å². The Labute approximate surface area is 213 Å². The molecule has 7 nitrogen and oxygen atoms in total. The Hall–Kier alpha value is -1.87. The molecule has 0 radical (unpaired) electrons. The van der Waals surface area contributed by atoms with Crippen molar-refractivity contribution >= 4 is 29.1 Å². The lowest BCUT2D eigenvalue weighted by Crippen LogP contribution is -2.47. The fourth-order valence-corrected chi connectivity index (χ4v) is 5.14. The van der Waals surface area contributed by atoms with Crippen molar-refractivity contribution in [2.45, 2.75) is 98.5 Å². The van der Waals surface area contributed by atoms with Crippen LogP contribution in [0, 0.1) is 17.3 Å². The fourth-order valence-electron chi connectivity index (χ4n) is 4.53. The van der Waals surface area contributed by atoms with Crippen LogP contribution in [0.3, 0.4) is 0 Å². The number of carbonyl (C=O) groups excluding carboxylic acids is 2. The van der Waals surface area contributed by atoms with Gasteiger partial charge in [-0.3, -0.25) is 9.59 Å². The maximum atomic E-state index is 13.2. The highest BCUT2D eigenvalue weighted by Gasteiger charge is 2.42. The lowest BCUT2D eigenvalue weighted by atomic mass is 9.73. The Morgan fingerprint density at radius 1 is 1.29 bits per heavy atom. The SMILES string of the molecule is C/C1=C/CC(/C(C)=C/c2csc(CO)n2)NC(=O)C[C@H](O)C(C)(C)C(=O)[C@H](C)[C@@H](O)[C@@H](C)CCC1. The molecular formula is C27H42N2O5S. The molecule has 0 spiro atoms. The van der Waals surface area contributed by atoms with E-state index in [1.165, 1.54) is 16.9 Å². The van der Waals surface area contributed by atoms with Crippen LogP contribution in [0.25, 0.3) is 6.08 Å². The number of aliphatic hydroxyl groups excluding tert-OH is 3. The molecule has 2 heterocycles. The van der Waals surface area contributed by atoms with Crippen LogP contribution in [0.5, 0.6) is 0 Å². The maximum absolute atomic E-state index is 13.2. The second-order valence-electron chi connectivity index (χ2n) is 10.6. The third kappa shape index (κ3) is 8.07. The zero-order chi connectivity index (χ0) is 26.3. The quantitative estimate of drug-likeness (QED) is 0.460. The van der Waals surface area contributed by atoms with Gasteiger partial charge in [0, 0.05) is 11.3 Å². The molecule has 5 atom stereocenters. The van der Waals surface area contributed by atoms with E-state index in [9.17, 15) is 24.9 Å². The molecule has 0 bridgehead atoms. The van der Waals surface area contributed by atoms with Crippen molar-refractivity contribution in [3.8, 4) is 0 Å². The monoisotopic (exact) mass is 506 g/mol.